The first kappa shape index (κ1) is 15.7. The number of hydrogen-bond donors (Lipinski definition) is 1. The Kier molecular flexibility index (Phi) is 4.71. The van der Waals surface area contributed by atoms with Gasteiger partial charge in [0.15, 0.2) is 0 Å². The molecular formula is C17H23N5O. The summed E-state index contributed by atoms with van der Waals surface area (Å²) in [5.41, 5.74) is 2.68. The van der Waals surface area contributed by atoms with Crippen molar-refractivity contribution in [1.82, 2.24) is 25.0 Å². The zero-order chi connectivity index (χ0) is 16.2. The minimum atomic E-state index is -0.0266. The van der Waals surface area contributed by atoms with Crippen molar-refractivity contribution in [1.29, 1.82) is 0 Å². The maximum absolute atomic E-state index is 12.2. The predicted molar refractivity (Wildman–Crippen MR) is 87.9 cm³/mol. The second-order valence-electron chi connectivity index (χ2n) is 6.26. The van der Waals surface area contributed by atoms with Crippen molar-refractivity contribution in [3.8, 4) is 0 Å². The topological polar surface area (TPSA) is 63.1 Å². The van der Waals surface area contributed by atoms with E-state index in [1.54, 1.807) is 12.3 Å². The minimum Gasteiger partial charge on any atom is -0.352 e. The summed E-state index contributed by atoms with van der Waals surface area (Å²) in [6.45, 7) is 5.60. The van der Waals surface area contributed by atoms with E-state index in [0.717, 1.165) is 38.3 Å². The van der Waals surface area contributed by atoms with E-state index in [2.05, 4.69) is 26.5 Å². The van der Waals surface area contributed by atoms with E-state index in [1.165, 1.54) is 5.56 Å². The number of pyridine rings is 1. The van der Waals surface area contributed by atoms with Gasteiger partial charge < -0.3 is 5.32 Å². The number of nitrogens with one attached hydrogen (secondary N) is 1. The molecular weight excluding hydrogens is 290 g/mol. The Labute approximate surface area is 136 Å². The van der Waals surface area contributed by atoms with Crippen LogP contribution in [-0.4, -0.2) is 45.2 Å². The standard InChI is InChI=1S/C17H23N5O/c1-13-16(4-3-6-18-13)17(23)19-8-14-5-7-22(11-14)12-15-9-20-21(2)10-15/h3-4,6,9-10,14H,5,7-8,11-12H2,1-2H3,(H,19,23)/t14-/m1/s1. The number of rotatable bonds is 5. The summed E-state index contributed by atoms with van der Waals surface area (Å²) >= 11 is 0. The summed E-state index contributed by atoms with van der Waals surface area (Å²) in [5.74, 6) is 0.480. The van der Waals surface area contributed by atoms with Gasteiger partial charge in [0, 0.05) is 50.3 Å². The molecule has 0 aliphatic carbocycles. The van der Waals surface area contributed by atoms with E-state index in [0.29, 0.717) is 11.5 Å². The molecule has 1 atom stereocenters. The molecule has 1 aliphatic rings. The Bertz CT molecular complexity index is 681. The monoisotopic (exact) mass is 313 g/mol. The van der Waals surface area contributed by atoms with Crippen LogP contribution in [-0.2, 0) is 13.6 Å². The van der Waals surface area contributed by atoms with Crippen LogP contribution < -0.4 is 5.32 Å². The lowest BCUT2D eigenvalue weighted by atomic mass is 10.1. The van der Waals surface area contributed by atoms with Crippen LogP contribution in [0.15, 0.2) is 30.7 Å². The molecule has 0 spiro atoms. The number of nitrogens with zero attached hydrogens (tertiary/aromatic N) is 4. The molecule has 1 amide bonds. The van der Waals surface area contributed by atoms with Crippen molar-refractivity contribution in [3.63, 3.8) is 0 Å². The maximum Gasteiger partial charge on any atom is 0.253 e. The first-order valence-electron chi connectivity index (χ1n) is 8.01. The van der Waals surface area contributed by atoms with Gasteiger partial charge in [-0.15, -0.1) is 0 Å². The van der Waals surface area contributed by atoms with Gasteiger partial charge in [0.1, 0.15) is 0 Å². The fourth-order valence-corrected chi connectivity index (χ4v) is 3.09. The van der Waals surface area contributed by atoms with Crippen LogP contribution >= 0.6 is 0 Å². The van der Waals surface area contributed by atoms with Crippen LogP contribution in [0, 0.1) is 12.8 Å². The Hall–Kier alpha value is -2.21. The maximum atomic E-state index is 12.2. The third-order valence-corrected chi connectivity index (χ3v) is 4.34. The molecule has 3 rings (SSSR count). The second kappa shape index (κ2) is 6.91. The lowest BCUT2D eigenvalue weighted by molar-refractivity contribution is 0.0946. The molecule has 23 heavy (non-hydrogen) atoms. The van der Waals surface area contributed by atoms with Crippen LogP contribution in [0.1, 0.15) is 28.0 Å². The number of carbonyl (C=O) groups is 1. The molecule has 122 valence electrons. The SMILES string of the molecule is Cc1ncccc1C(=O)NC[C@H]1CCN(Cc2cnn(C)c2)C1. The van der Waals surface area contributed by atoms with Gasteiger partial charge >= 0.3 is 0 Å². The number of likely N-dealkylation sites (tertiary alicyclic amines) is 1. The zero-order valence-corrected chi connectivity index (χ0v) is 13.7. The van der Waals surface area contributed by atoms with Gasteiger partial charge in [0.25, 0.3) is 5.91 Å². The summed E-state index contributed by atoms with van der Waals surface area (Å²) in [4.78, 5) is 18.8. The van der Waals surface area contributed by atoms with E-state index in [-0.39, 0.29) is 5.91 Å². The number of aryl methyl sites for hydroxylation is 2. The highest BCUT2D eigenvalue weighted by Gasteiger charge is 2.23. The Morgan fingerprint density at radius 2 is 2.35 bits per heavy atom. The average Bonchev–Trinajstić information content (AvgIpc) is 3.15. The van der Waals surface area contributed by atoms with E-state index in [9.17, 15) is 4.79 Å². The van der Waals surface area contributed by atoms with E-state index in [4.69, 9.17) is 0 Å². The third-order valence-electron chi connectivity index (χ3n) is 4.34. The Morgan fingerprint density at radius 1 is 1.48 bits per heavy atom. The molecule has 2 aromatic heterocycles. The lowest BCUT2D eigenvalue weighted by Crippen LogP contribution is -2.31. The van der Waals surface area contributed by atoms with E-state index >= 15 is 0 Å². The van der Waals surface area contributed by atoms with Gasteiger partial charge in [-0.2, -0.15) is 5.10 Å². The largest absolute Gasteiger partial charge is 0.352 e. The molecule has 3 heterocycles. The Balaban J connectivity index is 1.47. The molecule has 2 aromatic rings. The van der Waals surface area contributed by atoms with Crippen molar-refractivity contribution in [3.05, 3.63) is 47.5 Å². The van der Waals surface area contributed by atoms with Crippen LogP contribution in [0.4, 0.5) is 0 Å². The van der Waals surface area contributed by atoms with Crippen molar-refractivity contribution >= 4 is 5.91 Å². The van der Waals surface area contributed by atoms with Gasteiger partial charge in [-0.1, -0.05) is 0 Å². The normalized spacial score (nSPS) is 18.3. The van der Waals surface area contributed by atoms with Crippen LogP contribution in [0.5, 0.6) is 0 Å². The van der Waals surface area contributed by atoms with E-state index < -0.39 is 0 Å². The second-order valence-corrected chi connectivity index (χ2v) is 6.26. The molecule has 1 aliphatic heterocycles. The fraction of sp³-hybridized carbons (Fsp3) is 0.471. The number of carbonyl (C=O) groups excluding carboxylic acids is 1. The summed E-state index contributed by atoms with van der Waals surface area (Å²) in [6, 6.07) is 3.62. The van der Waals surface area contributed by atoms with E-state index in [1.807, 2.05) is 30.9 Å². The highest BCUT2D eigenvalue weighted by atomic mass is 16.1. The molecule has 0 saturated carbocycles. The summed E-state index contributed by atoms with van der Waals surface area (Å²) in [5, 5.41) is 7.25. The van der Waals surface area contributed by atoms with Crippen LogP contribution in [0.2, 0.25) is 0 Å². The number of hydrogen-bond acceptors (Lipinski definition) is 4. The average molecular weight is 313 g/mol. The highest BCUT2D eigenvalue weighted by molar-refractivity contribution is 5.95. The summed E-state index contributed by atoms with van der Waals surface area (Å²) in [7, 11) is 1.94. The van der Waals surface area contributed by atoms with Gasteiger partial charge in [-0.05, 0) is 37.9 Å². The number of aromatic nitrogens is 3. The first-order valence-corrected chi connectivity index (χ1v) is 8.01. The fourth-order valence-electron chi connectivity index (χ4n) is 3.09. The van der Waals surface area contributed by atoms with Gasteiger partial charge in [-0.3, -0.25) is 19.4 Å². The van der Waals surface area contributed by atoms with Gasteiger partial charge in [-0.25, -0.2) is 0 Å². The molecule has 6 nitrogen and oxygen atoms in total. The van der Waals surface area contributed by atoms with Gasteiger partial charge in [0.2, 0.25) is 0 Å². The summed E-state index contributed by atoms with van der Waals surface area (Å²) in [6.07, 6.45) is 6.80. The van der Waals surface area contributed by atoms with Crippen LogP contribution in [0.25, 0.3) is 0 Å². The third kappa shape index (κ3) is 3.96. The highest BCUT2D eigenvalue weighted by Crippen LogP contribution is 2.18. The molecule has 6 heteroatoms. The lowest BCUT2D eigenvalue weighted by Gasteiger charge is -2.15. The van der Waals surface area contributed by atoms with Crippen LogP contribution in [0.3, 0.4) is 0 Å². The molecule has 1 saturated heterocycles. The zero-order valence-electron chi connectivity index (χ0n) is 13.7. The Morgan fingerprint density at radius 3 is 3.09 bits per heavy atom. The molecule has 1 N–H and O–H groups in total. The quantitative estimate of drug-likeness (QED) is 0.906. The predicted octanol–water partition coefficient (Wildman–Crippen LogP) is 1.38. The first-order chi connectivity index (χ1) is 11.1. The number of amides is 1. The van der Waals surface area contributed by atoms with Crippen molar-refractivity contribution in [2.45, 2.75) is 19.9 Å². The molecule has 1 fully saturated rings. The van der Waals surface area contributed by atoms with Crippen molar-refractivity contribution < 1.29 is 4.79 Å². The van der Waals surface area contributed by atoms with Crippen molar-refractivity contribution in [2.75, 3.05) is 19.6 Å². The smallest absolute Gasteiger partial charge is 0.253 e. The summed E-state index contributed by atoms with van der Waals surface area (Å²) < 4.78 is 1.83. The van der Waals surface area contributed by atoms with Gasteiger partial charge in [0.05, 0.1) is 11.8 Å². The molecule has 0 radical (unpaired) electrons. The molecule has 0 unspecified atom stereocenters. The molecule has 0 bridgehead atoms. The minimum absolute atomic E-state index is 0.0266. The van der Waals surface area contributed by atoms with Crippen molar-refractivity contribution in [2.24, 2.45) is 13.0 Å². The molecule has 0 aromatic carbocycles.